The number of hydrogen-bond acceptors (Lipinski definition) is 0. The van der Waals surface area contributed by atoms with Crippen molar-refractivity contribution < 1.29 is 4.39 Å². The van der Waals surface area contributed by atoms with Crippen molar-refractivity contribution in [3.05, 3.63) is 45.7 Å². The maximum Gasteiger partial charge on any atom is 0.137 e. The van der Waals surface area contributed by atoms with Crippen LogP contribution >= 0.6 is 27.5 Å². The van der Waals surface area contributed by atoms with Gasteiger partial charge in [-0.3, -0.25) is 0 Å². The average Bonchev–Trinajstić information content (AvgIpc) is 2.22. The lowest BCUT2D eigenvalue weighted by Gasteiger charge is -2.32. The van der Waals surface area contributed by atoms with E-state index in [1.807, 2.05) is 6.07 Å². The van der Waals surface area contributed by atoms with Crippen LogP contribution in [-0.2, 0) is 6.42 Å². The van der Waals surface area contributed by atoms with Gasteiger partial charge in [0.05, 0.1) is 9.85 Å². The molecule has 0 nitrogen and oxygen atoms in total. The van der Waals surface area contributed by atoms with Crippen LogP contribution < -0.4 is 0 Å². The Morgan fingerprint density at radius 2 is 2.17 bits per heavy atom. The number of benzene rings is 1. The summed E-state index contributed by atoms with van der Waals surface area (Å²) in [4.78, 5) is 0. The van der Waals surface area contributed by atoms with Crippen molar-refractivity contribution in [2.24, 2.45) is 5.41 Å². The summed E-state index contributed by atoms with van der Waals surface area (Å²) in [5.74, 6) is -0.203. The van der Waals surface area contributed by atoms with Crippen molar-refractivity contribution in [2.75, 3.05) is 0 Å². The highest BCUT2D eigenvalue weighted by Crippen LogP contribution is 2.39. The van der Waals surface area contributed by atoms with E-state index in [9.17, 15) is 4.39 Å². The molecule has 0 saturated carbocycles. The Bertz CT molecular complexity index is 479. The van der Waals surface area contributed by atoms with Gasteiger partial charge < -0.3 is 0 Å². The lowest BCUT2D eigenvalue weighted by atomic mass is 9.76. The van der Waals surface area contributed by atoms with Gasteiger partial charge in [0, 0.05) is 0 Å². The van der Waals surface area contributed by atoms with Crippen LogP contribution in [-0.4, -0.2) is 5.38 Å². The Labute approximate surface area is 121 Å². The molecule has 0 amide bonds. The van der Waals surface area contributed by atoms with Crippen molar-refractivity contribution >= 4 is 27.5 Å². The summed E-state index contributed by atoms with van der Waals surface area (Å²) >= 11 is 9.59. The monoisotopic (exact) mass is 330 g/mol. The molecule has 0 saturated heterocycles. The van der Waals surface area contributed by atoms with Gasteiger partial charge in [-0.05, 0) is 52.2 Å². The summed E-state index contributed by atoms with van der Waals surface area (Å²) in [6, 6.07) is 5.18. The molecule has 1 atom stereocenters. The standard InChI is InChI=1S/C15H17BrClF/c1-15(2)8-10(7-12(17)9-15)6-11-4-3-5-13(18)14(11)16/h3-5,7,12H,6,8-9H2,1-2H3. The zero-order valence-corrected chi connectivity index (χ0v) is 13.0. The van der Waals surface area contributed by atoms with Gasteiger partial charge in [-0.2, -0.15) is 0 Å². The number of allylic oxidation sites excluding steroid dienone is 2. The van der Waals surface area contributed by atoms with Crippen LogP contribution in [0.1, 0.15) is 32.3 Å². The molecule has 1 aliphatic carbocycles. The molecule has 0 aromatic heterocycles. The third-order valence-electron chi connectivity index (χ3n) is 3.32. The number of hydrogen-bond donors (Lipinski definition) is 0. The smallest absolute Gasteiger partial charge is 0.137 e. The van der Waals surface area contributed by atoms with E-state index in [-0.39, 0.29) is 16.6 Å². The molecule has 2 rings (SSSR count). The molecule has 0 N–H and O–H groups in total. The highest BCUT2D eigenvalue weighted by Gasteiger charge is 2.27. The van der Waals surface area contributed by atoms with Gasteiger partial charge in [0.15, 0.2) is 0 Å². The van der Waals surface area contributed by atoms with E-state index in [1.54, 1.807) is 6.07 Å². The fourth-order valence-corrected chi connectivity index (χ4v) is 3.64. The molecule has 0 spiro atoms. The fraction of sp³-hybridized carbons (Fsp3) is 0.467. The molecule has 18 heavy (non-hydrogen) atoms. The summed E-state index contributed by atoms with van der Waals surface area (Å²) in [7, 11) is 0. The van der Waals surface area contributed by atoms with E-state index in [2.05, 4.69) is 35.9 Å². The van der Waals surface area contributed by atoms with Crippen LogP contribution in [0.4, 0.5) is 4.39 Å². The fourth-order valence-electron chi connectivity index (χ4n) is 2.64. The summed E-state index contributed by atoms with van der Waals surface area (Å²) in [6.45, 7) is 4.46. The van der Waals surface area contributed by atoms with Gasteiger partial charge in [-0.15, -0.1) is 11.6 Å². The molecule has 0 heterocycles. The van der Waals surface area contributed by atoms with Gasteiger partial charge in [-0.25, -0.2) is 4.39 Å². The van der Waals surface area contributed by atoms with Crippen molar-refractivity contribution in [2.45, 2.75) is 38.5 Å². The molecular weight excluding hydrogens is 315 g/mol. The summed E-state index contributed by atoms with van der Waals surface area (Å²) in [6.07, 6.45) is 4.93. The topological polar surface area (TPSA) is 0 Å². The van der Waals surface area contributed by atoms with E-state index in [0.29, 0.717) is 4.47 Å². The van der Waals surface area contributed by atoms with E-state index < -0.39 is 0 Å². The van der Waals surface area contributed by atoms with Gasteiger partial charge in [0.25, 0.3) is 0 Å². The number of rotatable bonds is 2. The predicted octanol–water partition coefficient (Wildman–Crippen LogP) is 5.48. The normalized spacial score (nSPS) is 22.7. The maximum atomic E-state index is 13.5. The van der Waals surface area contributed by atoms with Gasteiger partial charge in [0.2, 0.25) is 0 Å². The van der Waals surface area contributed by atoms with Crippen molar-refractivity contribution in [1.29, 1.82) is 0 Å². The largest absolute Gasteiger partial charge is 0.206 e. The molecule has 1 unspecified atom stereocenters. The first-order chi connectivity index (χ1) is 8.37. The highest BCUT2D eigenvalue weighted by molar-refractivity contribution is 9.10. The third-order valence-corrected chi connectivity index (χ3v) is 4.49. The molecule has 3 heteroatoms. The minimum absolute atomic E-state index is 0.0936. The zero-order valence-electron chi connectivity index (χ0n) is 10.6. The van der Waals surface area contributed by atoms with Gasteiger partial charge in [-0.1, -0.05) is 37.6 Å². The molecule has 98 valence electrons. The molecule has 0 aliphatic heterocycles. The molecule has 1 aromatic carbocycles. The molecule has 0 radical (unpaired) electrons. The van der Waals surface area contributed by atoms with Crippen molar-refractivity contribution in [3.63, 3.8) is 0 Å². The minimum Gasteiger partial charge on any atom is -0.206 e. The highest BCUT2D eigenvalue weighted by atomic mass is 79.9. The number of alkyl halides is 1. The molecule has 0 bridgehead atoms. The van der Waals surface area contributed by atoms with Crippen LogP contribution in [0.3, 0.4) is 0 Å². The molecule has 0 fully saturated rings. The van der Waals surface area contributed by atoms with Crippen LogP contribution in [0.5, 0.6) is 0 Å². The first kappa shape index (κ1) is 14.1. The summed E-state index contributed by atoms with van der Waals surface area (Å²) in [5.41, 5.74) is 2.52. The average molecular weight is 332 g/mol. The Hall–Kier alpha value is -0.340. The lowest BCUT2D eigenvalue weighted by molar-refractivity contribution is 0.320. The van der Waals surface area contributed by atoms with Crippen molar-refractivity contribution in [3.8, 4) is 0 Å². The Morgan fingerprint density at radius 1 is 1.44 bits per heavy atom. The Balaban J connectivity index is 2.21. The predicted molar refractivity (Wildman–Crippen MR) is 78.5 cm³/mol. The maximum absolute atomic E-state index is 13.5. The summed E-state index contributed by atoms with van der Waals surface area (Å²) < 4.78 is 14.0. The van der Waals surface area contributed by atoms with E-state index in [4.69, 9.17) is 11.6 Å². The van der Waals surface area contributed by atoms with Crippen LogP contribution in [0.25, 0.3) is 0 Å². The minimum atomic E-state index is -0.203. The lowest BCUT2D eigenvalue weighted by Crippen LogP contribution is -2.22. The Morgan fingerprint density at radius 3 is 2.83 bits per heavy atom. The quantitative estimate of drug-likeness (QED) is 0.497. The second-order valence-corrected chi connectivity index (χ2v) is 7.13. The Kier molecular flexibility index (Phi) is 4.18. The molecule has 1 aromatic rings. The van der Waals surface area contributed by atoms with Crippen LogP contribution in [0.15, 0.2) is 34.3 Å². The second-order valence-electron chi connectivity index (χ2n) is 5.78. The van der Waals surface area contributed by atoms with E-state index in [0.717, 1.165) is 24.8 Å². The number of halogens is 3. The zero-order chi connectivity index (χ0) is 13.3. The van der Waals surface area contributed by atoms with Gasteiger partial charge in [0.1, 0.15) is 5.82 Å². The summed E-state index contributed by atoms with van der Waals surface area (Å²) in [5, 5.41) is 0.0936. The second kappa shape index (κ2) is 5.34. The van der Waals surface area contributed by atoms with Crippen LogP contribution in [0.2, 0.25) is 0 Å². The first-order valence-corrected chi connectivity index (χ1v) is 7.37. The third kappa shape index (κ3) is 3.36. The first-order valence-electron chi connectivity index (χ1n) is 6.14. The molecular formula is C15H17BrClF. The molecule has 1 aliphatic rings. The van der Waals surface area contributed by atoms with Gasteiger partial charge >= 0.3 is 0 Å². The van der Waals surface area contributed by atoms with E-state index in [1.165, 1.54) is 11.6 Å². The van der Waals surface area contributed by atoms with Crippen LogP contribution in [0, 0.1) is 11.2 Å². The van der Waals surface area contributed by atoms with Crippen molar-refractivity contribution in [1.82, 2.24) is 0 Å². The SMILES string of the molecule is CC1(C)CC(Cc2cccc(F)c2Br)=CC(Cl)C1. The van der Waals surface area contributed by atoms with E-state index >= 15 is 0 Å².